The lowest BCUT2D eigenvalue weighted by atomic mass is 10.2. The predicted molar refractivity (Wildman–Crippen MR) is 78.6 cm³/mol. The number of hydrogen-bond donors (Lipinski definition) is 1. The van der Waals surface area contributed by atoms with Gasteiger partial charge in [0.1, 0.15) is 0 Å². The smallest absolute Gasteiger partial charge is 0.307 e. The third-order valence-electron chi connectivity index (χ3n) is 3.84. The lowest BCUT2D eigenvalue weighted by molar-refractivity contribution is -0.136. The van der Waals surface area contributed by atoms with Gasteiger partial charge in [-0.1, -0.05) is 12.1 Å². The highest BCUT2D eigenvalue weighted by Crippen LogP contribution is 2.20. The normalized spacial score (nSPS) is 21.3. The maximum Gasteiger partial charge on any atom is 0.307 e. The largest absolute Gasteiger partial charge is 0.481 e. The van der Waals surface area contributed by atoms with Gasteiger partial charge >= 0.3 is 5.97 Å². The standard InChI is InChI=1S/C14H20N2O4S/c1-11-10-16(8-7-15(11)2)21(19,20)13-5-3-12(4-6-13)9-14(17)18/h3-6,11H,7-10H2,1-2H3,(H,17,18). The predicted octanol–water partition coefficient (Wildman–Crippen LogP) is 0.638. The fourth-order valence-corrected chi connectivity index (χ4v) is 3.85. The number of hydrogen-bond acceptors (Lipinski definition) is 4. The molecule has 0 spiro atoms. The minimum Gasteiger partial charge on any atom is -0.481 e. The third-order valence-corrected chi connectivity index (χ3v) is 5.72. The maximum absolute atomic E-state index is 12.6. The van der Waals surface area contributed by atoms with E-state index in [-0.39, 0.29) is 17.4 Å². The Morgan fingerprint density at radius 2 is 1.90 bits per heavy atom. The molecule has 0 aliphatic carbocycles. The second-order valence-electron chi connectivity index (χ2n) is 5.41. The van der Waals surface area contributed by atoms with E-state index in [0.29, 0.717) is 25.2 Å². The van der Waals surface area contributed by atoms with Crippen LogP contribution in [0, 0.1) is 0 Å². The molecule has 1 aliphatic rings. The molecule has 1 aliphatic heterocycles. The van der Waals surface area contributed by atoms with Gasteiger partial charge in [0.25, 0.3) is 0 Å². The summed E-state index contributed by atoms with van der Waals surface area (Å²) in [6.45, 7) is 3.64. The van der Waals surface area contributed by atoms with E-state index in [1.165, 1.54) is 16.4 Å². The Labute approximate surface area is 125 Å². The monoisotopic (exact) mass is 312 g/mol. The molecule has 2 rings (SSSR count). The van der Waals surface area contributed by atoms with Crippen molar-refractivity contribution in [1.29, 1.82) is 0 Å². The van der Waals surface area contributed by atoms with Crippen molar-refractivity contribution >= 4 is 16.0 Å². The first-order valence-electron chi connectivity index (χ1n) is 6.82. The maximum atomic E-state index is 12.6. The van der Waals surface area contributed by atoms with Crippen molar-refractivity contribution in [1.82, 2.24) is 9.21 Å². The molecule has 0 amide bonds. The number of carboxylic acids is 1. The lowest BCUT2D eigenvalue weighted by Gasteiger charge is -2.36. The molecule has 1 fully saturated rings. The molecule has 116 valence electrons. The van der Waals surface area contributed by atoms with Gasteiger partial charge in [-0.25, -0.2) is 8.42 Å². The Hall–Kier alpha value is -1.44. The first-order valence-corrected chi connectivity index (χ1v) is 8.26. The zero-order chi connectivity index (χ0) is 15.6. The molecule has 0 saturated carbocycles. The summed E-state index contributed by atoms with van der Waals surface area (Å²) in [4.78, 5) is 13.0. The quantitative estimate of drug-likeness (QED) is 0.883. The fourth-order valence-electron chi connectivity index (χ4n) is 2.34. The van der Waals surface area contributed by atoms with Crippen LogP contribution in [0.25, 0.3) is 0 Å². The number of benzene rings is 1. The van der Waals surface area contributed by atoms with Crippen molar-refractivity contribution in [3.8, 4) is 0 Å². The van der Waals surface area contributed by atoms with Crippen LogP contribution in [0.3, 0.4) is 0 Å². The molecule has 1 aromatic rings. The molecule has 1 heterocycles. The van der Waals surface area contributed by atoms with Gasteiger partial charge in [0.15, 0.2) is 0 Å². The molecule has 1 N–H and O–H groups in total. The van der Waals surface area contributed by atoms with Crippen LogP contribution in [0.15, 0.2) is 29.2 Å². The van der Waals surface area contributed by atoms with Crippen molar-refractivity contribution in [2.24, 2.45) is 0 Å². The summed E-state index contributed by atoms with van der Waals surface area (Å²) in [5.74, 6) is -0.932. The highest BCUT2D eigenvalue weighted by Gasteiger charge is 2.30. The lowest BCUT2D eigenvalue weighted by Crippen LogP contribution is -2.51. The number of carboxylic acid groups (broad SMARTS) is 1. The zero-order valence-corrected chi connectivity index (χ0v) is 13.0. The molecule has 21 heavy (non-hydrogen) atoms. The van der Waals surface area contributed by atoms with Gasteiger partial charge in [0.2, 0.25) is 10.0 Å². The Bertz CT molecular complexity index is 612. The van der Waals surface area contributed by atoms with E-state index in [2.05, 4.69) is 4.90 Å². The van der Waals surface area contributed by atoms with Crippen LogP contribution in [0.1, 0.15) is 12.5 Å². The van der Waals surface area contributed by atoms with Crippen molar-refractivity contribution in [3.63, 3.8) is 0 Å². The van der Waals surface area contributed by atoms with Crippen LogP contribution < -0.4 is 0 Å². The number of rotatable bonds is 4. The number of carbonyl (C=O) groups is 1. The third kappa shape index (κ3) is 3.61. The van der Waals surface area contributed by atoms with E-state index >= 15 is 0 Å². The Morgan fingerprint density at radius 1 is 1.29 bits per heavy atom. The number of sulfonamides is 1. The molecule has 0 bridgehead atoms. The molecule has 1 unspecified atom stereocenters. The van der Waals surface area contributed by atoms with Crippen LogP contribution in [0.4, 0.5) is 0 Å². The average Bonchev–Trinajstić information content (AvgIpc) is 2.41. The molecule has 0 aromatic heterocycles. The number of nitrogens with zero attached hydrogens (tertiary/aromatic N) is 2. The summed E-state index contributed by atoms with van der Waals surface area (Å²) in [7, 11) is -1.52. The number of piperazine rings is 1. The fraction of sp³-hybridized carbons (Fsp3) is 0.500. The van der Waals surface area contributed by atoms with Crippen LogP contribution >= 0.6 is 0 Å². The molecule has 7 heteroatoms. The summed E-state index contributed by atoms with van der Waals surface area (Å²) in [6, 6.07) is 6.26. The minimum absolute atomic E-state index is 0.105. The highest BCUT2D eigenvalue weighted by molar-refractivity contribution is 7.89. The molecule has 1 saturated heterocycles. The molecule has 1 aromatic carbocycles. The van der Waals surface area contributed by atoms with E-state index in [0.717, 1.165) is 0 Å². The molecular formula is C14H20N2O4S. The first-order chi connectivity index (χ1) is 9.80. The highest BCUT2D eigenvalue weighted by atomic mass is 32.2. The zero-order valence-electron chi connectivity index (χ0n) is 12.2. The SMILES string of the molecule is CC1CN(S(=O)(=O)c2ccc(CC(=O)O)cc2)CCN1C. The van der Waals surface area contributed by atoms with E-state index < -0.39 is 16.0 Å². The van der Waals surface area contributed by atoms with Crippen molar-refractivity contribution in [2.45, 2.75) is 24.3 Å². The van der Waals surface area contributed by atoms with Gasteiger partial charge in [-0.05, 0) is 31.7 Å². The summed E-state index contributed by atoms with van der Waals surface area (Å²) in [5.41, 5.74) is 0.591. The second-order valence-corrected chi connectivity index (χ2v) is 7.35. The van der Waals surface area contributed by atoms with Gasteiger partial charge < -0.3 is 10.0 Å². The van der Waals surface area contributed by atoms with Gasteiger partial charge in [-0.2, -0.15) is 4.31 Å². The number of aliphatic carboxylic acids is 1. The Morgan fingerprint density at radius 3 is 2.43 bits per heavy atom. The van der Waals surface area contributed by atoms with Crippen LogP contribution in [-0.2, 0) is 21.2 Å². The topological polar surface area (TPSA) is 77.9 Å². The first kappa shape index (κ1) is 15.9. The van der Waals surface area contributed by atoms with Crippen LogP contribution in [0.5, 0.6) is 0 Å². The minimum atomic E-state index is -3.50. The average molecular weight is 312 g/mol. The summed E-state index contributed by atoms with van der Waals surface area (Å²) in [6.07, 6.45) is -0.105. The van der Waals surface area contributed by atoms with E-state index in [1.807, 2.05) is 14.0 Å². The molecular weight excluding hydrogens is 292 g/mol. The van der Waals surface area contributed by atoms with E-state index in [4.69, 9.17) is 5.11 Å². The Kier molecular flexibility index (Phi) is 4.65. The summed E-state index contributed by atoms with van der Waals surface area (Å²) >= 11 is 0. The second kappa shape index (κ2) is 6.13. The van der Waals surface area contributed by atoms with Gasteiger partial charge in [-0.15, -0.1) is 0 Å². The van der Waals surface area contributed by atoms with Crippen LogP contribution in [-0.4, -0.2) is 61.4 Å². The van der Waals surface area contributed by atoms with Gasteiger partial charge in [-0.3, -0.25) is 4.79 Å². The van der Waals surface area contributed by atoms with Gasteiger partial charge in [0, 0.05) is 25.7 Å². The van der Waals surface area contributed by atoms with Crippen molar-refractivity contribution < 1.29 is 18.3 Å². The summed E-state index contributed by atoms with van der Waals surface area (Å²) in [5, 5.41) is 8.72. The molecule has 6 nitrogen and oxygen atoms in total. The Balaban J connectivity index is 2.18. The van der Waals surface area contributed by atoms with Gasteiger partial charge in [0.05, 0.1) is 11.3 Å². The van der Waals surface area contributed by atoms with Crippen molar-refractivity contribution in [2.75, 3.05) is 26.7 Å². The van der Waals surface area contributed by atoms with Crippen LogP contribution in [0.2, 0.25) is 0 Å². The van der Waals surface area contributed by atoms with E-state index in [9.17, 15) is 13.2 Å². The van der Waals surface area contributed by atoms with Crippen molar-refractivity contribution in [3.05, 3.63) is 29.8 Å². The molecule has 0 radical (unpaired) electrons. The number of likely N-dealkylation sites (N-methyl/N-ethyl adjacent to an activating group) is 1. The molecule has 1 atom stereocenters. The van der Waals surface area contributed by atoms with E-state index in [1.54, 1.807) is 12.1 Å². The summed E-state index contributed by atoms with van der Waals surface area (Å²) < 4.78 is 26.6.